The predicted molar refractivity (Wildman–Crippen MR) is 110 cm³/mol. The van der Waals surface area contributed by atoms with Gasteiger partial charge in [0.15, 0.2) is 0 Å². The molecule has 6 heteroatoms. The van der Waals surface area contributed by atoms with Crippen molar-refractivity contribution >= 4 is 39.6 Å². The summed E-state index contributed by atoms with van der Waals surface area (Å²) in [6.07, 6.45) is 0. The van der Waals surface area contributed by atoms with Crippen molar-refractivity contribution in [2.45, 2.75) is 5.75 Å². The lowest BCUT2D eigenvalue weighted by Crippen LogP contribution is -2.41. The van der Waals surface area contributed by atoms with Gasteiger partial charge in [-0.1, -0.05) is 24.3 Å². The Morgan fingerprint density at radius 2 is 1.89 bits per heavy atom. The van der Waals surface area contributed by atoms with Crippen molar-refractivity contribution in [1.29, 1.82) is 0 Å². The minimum Gasteiger partial charge on any atom is -0.456 e. The lowest BCUT2D eigenvalue weighted by atomic mass is 10.1. The van der Waals surface area contributed by atoms with E-state index in [-0.39, 0.29) is 5.91 Å². The molecule has 1 aliphatic heterocycles. The van der Waals surface area contributed by atoms with Gasteiger partial charge in [0.25, 0.3) is 0 Å². The van der Waals surface area contributed by atoms with Crippen molar-refractivity contribution in [1.82, 2.24) is 10.2 Å². The van der Waals surface area contributed by atoms with Gasteiger partial charge in [-0.25, -0.2) is 0 Å². The van der Waals surface area contributed by atoms with E-state index in [9.17, 15) is 4.79 Å². The number of ether oxygens (including phenoxy) is 1. The fraction of sp³-hybridized carbons (Fsp3) is 0.381. The van der Waals surface area contributed by atoms with Crippen molar-refractivity contribution in [2.75, 3.05) is 45.1 Å². The van der Waals surface area contributed by atoms with Gasteiger partial charge in [0.2, 0.25) is 5.91 Å². The SMILES string of the molecule is O=C(CSCc1ccc2oc3ccccc3c2c1)NCCN1CCOCC1. The van der Waals surface area contributed by atoms with E-state index in [2.05, 4.69) is 28.4 Å². The summed E-state index contributed by atoms with van der Waals surface area (Å²) in [5, 5.41) is 5.29. The summed E-state index contributed by atoms with van der Waals surface area (Å²) in [5.41, 5.74) is 3.03. The third kappa shape index (κ3) is 4.64. The van der Waals surface area contributed by atoms with Gasteiger partial charge >= 0.3 is 0 Å². The molecule has 0 aliphatic carbocycles. The van der Waals surface area contributed by atoms with Crippen LogP contribution in [0, 0.1) is 0 Å². The standard InChI is InChI=1S/C21H24N2O3S/c24-21(22-7-8-23-9-11-25-12-10-23)15-27-14-16-5-6-20-18(13-16)17-3-1-2-4-19(17)26-20/h1-6,13H,7-12,14-15H2,(H,22,24). The largest absolute Gasteiger partial charge is 0.456 e. The number of hydrogen-bond donors (Lipinski definition) is 1. The molecule has 0 atom stereocenters. The normalized spacial score (nSPS) is 15.4. The summed E-state index contributed by atoms with van der Waals surface area (Å²) in [5.74, 6) is 1.39. The maximum absolute atomic E-state index is 12.0. The molecule has 2 aromatic carbocycles. The summed E-state index contributed by atoms with van der Waals surface area (Å²) < 4.78 is 11.2. The highest BCUT2D eigenvalue weighted by Gasteiger charge is 2.11. The summed E-state index contributed by atoms with van der Waals surface area (Å²) >= 11 is 1.64. The number of nitrogens with one attached hydrogen (secondary N) is 1. The van der Waals surface area contributed by atoms with E-state index in [1.54, 1.807) is 11.8 Å². The van der Waals surface area contributed by atoms with Gasteiger partial charge in [-0.15, -0.1) is 11.8 Å². The Balaban J connectivity index is 1.25. The van der Waals surface area contributed by atoms with Gasteiger partial charge < -0.3 is 14.5 Å². The van der Waals surface area contributed by atoms with Gasteiger partial charge in [0.05, 0.1) is 19.0 Å². The van der Waals surface area contributed by atoms with Crippen LogP contribution in [0.5, 0.6) is 0 Å². The molecule has 0 radical (unpaired) electrons. The fourth-order valence-electron chi connectivity index (χ4n) is 3.35. The summed E-state index contributed by atoms with van der Waals surface area (Å²) in [4.78, 5) is 14.4. The maximum Gasteiger partial charge on any atom is 0.230 e. The van der Waals surface area contributed by atoms with Crippen LogP contribution in [0.4, 0.5) is 0 Å². The van der Waals surface area contributed by atoms with E-state index in [4.69, 9.17) is 9.15 Å². The van der Waals surface area contributed by atoms with E-state index in [0.717, 1.165) is 60.5 Å². The number of thioether (sulfide) groups is 1. The number of benzene rings is 2. The molecular formula is C21H24N2O3S. The Hall–Kier alpha value is -2.02. The molecule has 1 fully saturated rings. The van der Waals surface area contributed by atoms with Crippen LogP contribution < -0.4 is 5.32 Å². The molecule has 2 heterocycles. The monoisotopic (exact) mass is 384 g/mol. The maximum atomic E-state index is 12.0. The average Bonchev–Trinajstić information content (AvgIpc) is 3.07. The Kier molecular flexibility index (Phi) is 5.97. The second-order valence-electron chi connectivity index (χ2n) is 6.73. The smallest absolute Gasteiger partial charge is 0.230 e. The third-order valence-corrected chi connectivity index (χ3v) is 5.80. The zero-order valence-corrected chi connectivity index (χ0v) is 16.1. The molecule has 5 nitrogen and oxygen atoms in total. The molecular weight excluding hydrogens is 360 g/mol. The Labute approximate surface area is 163 Å². The van der Waals surface area contributed by atoms with E-state index < -0.39 is 0 Å². The molecule has 1 aliphatic rings. The fourth-order valence-corrected chi connectivity index (χ4v) is 4.16. The zero-order valence-electron chi connectivity index (χ0n) is 15.3. The molecule has 1 amide bonds. The summed E-state index contributed by atoms with van der Waals surface area (Å²) in [7, 11) is 0. The third-order valence-electron chi connectivity index (χ3n) is 4.80. The molecule has 1 saturated heterocycles. The molecule has 3 aromatic rings. The van der Waals surface area contributed by atoms with E-state index in [1.165, 1.54) is 5.56 Å². The second kappa shape index (κ2) is 8.78. The predicted octanol–water partition coefficient (Wildman–Crippen LogP) is 3.27. The summed E-state index contributed by atoms with van der Waals surface area (Å²) in [6.45, 7) is 5.09. The number of furan rings is 1. The van der Waals surface area contributed by atoms with Crippen molar-refractivity contribution in [2.24, 2.45) is 0 Å². The van der Waals surface area contributed by atoms with Crippen molar-refractivity contribution in [3.05, 3.63) is 48.0 Å². The first-order valence-corrected chi connectivity index (χ1v) is 10.5. The van der Waals surface area contributed by atoms with Crippen LogP contribution in [0.3, 0.4) is 0 Å². The molecule has 0 saturated carbocycles. The number of hydrogen-bond acceptors (Lipinski definition) is 5. The number of amides is 1. The van der Waals surface area contributed by atoms with Gasteiger partial charge in [-0.05, 0) is 23.8 Å². The lowest BCUT2D eigenvalue weighted by molar-refractivity contribution is -0.118. The van der Waals surface area contributed by atoms with E-state index >= 15 is 0 Å². The first kappa shape index (κ1) is 18.3. The molecule has 4 rings (SSSR count). The average molecular weight is 385 g/mol. The number of rotatable bonds is 7. The second-order valence-corrected chi connectivity index (χ2v) is 7.71. The van der Waals surface area contributed by atoms with Crippen LogP contribution in [0.1, 0.15) is 5.56 Å². The van der Waals surface area contributed by atoms with Crippen LogP contribution in [0.25, 0.3) is 21.9 Å². The van der Waals surface area contributed by atoms with Gasteiger partial charge in [-0.3, -0.25) is 9.69 Å². The minimum absolute atomic E-state index is 0.100. The number of morpholine rings is 1. The number of carbonyl (C=O) groups is 1. The van der Waals surface area contributed by atoms with Gasteiger partial charge in [0, 0.05) is 42.7 Å². The van der Waals surface area contributed by atoms with Crippen LogP contribution in [-0.2, 0) is 15.3 Å². The topological polar surface area (TPSA) is 54.7 Å². The number of fused-ring (bicyclic) bond motifs is 3. The first-order chi connectivity index (χ1) is 13.3. The zero-order chi connectivity index (χ0) is 18.5. The highest BCUT2D eigenvalue weighted by molar-refractivity contribution is 7.99. The lowest BCUT2D eigenvalue weighted by Gasteiger charge is -2.26. The van der Waals surface area contributed by atoms with Crippen molar-refractivity contribution < 1.29 is 13.9 Å². The molecule has 0 spiro atoms. The Morgan fingerprint density at radius 3 is 2.78 bits per heavy atom. The van der Waals surface area contributed by atoms with Crippen LogP contribution >= 0.6 is 11.8 Å². The first-order valence-electron chi connectivity index (χ1n) is 9.34. The number of para-hydroxylation sites is 1. The molecule has 0 bridgehead atoms. The molecule has 142 valence electrons. The van der Waals surface area contributed by atoms with Crippen LogP contribution in [-0.4, -0.2) is 56.0 Å². The number of nitrogens with zero attached hydrogens (tertiary/aromatic N) is 1. The number of carbonyl (C=O) groups excluding carboxylic acids is 1. The molecule has 1 N–H and O–H groups in total. The highest BCUT2D eigenvalue weighted by atomic mass is 32.2. The van der Waals surface area contributed by atoms with Gasteiger partial charge in [0.1, 0.15) is 11.2 Å². The highest BCUT2D eigenvalue weighted by Crippen LogP contribution is 2.29. The van der Waals surface area contributed by atoms with Crippen molar-refractivity contribution in [3.8, 4) is 0 Å². The quantitative estimate of drug-likeness (QED) is 0.678. The molecule has 1 aromatic heterocycles. The van der Waals surface area contributed by atoms with Gasteiger partial charge in [-0.2, -0.15) is 0 Å². The van der Waals surface area contributed by atoms with Crippen LogP contribution in [0.15, 0.2) is 46.9 Å². The van der Waals surface area contributed by atoms with E-state index in [0.29, 0.717) is 12.3 Å². The van der Waals surface area contributed by atoms with E-state index in [1.807, 2.05) is 24.3 Å². The Morgan fingerprint density at radius 1 is 1.07 bits per heavy atom. The summed E-state index contributed by atoms with van der Waals surface area (Å²) in [6, 6.07) is 14.4. The van der Waals surface area contributed by atoms with Crippen LogP contribution in [0.2, 0.25) is 0 Å². The molecule has 27 heavy (non-hydrogen) atoms. The molecule has 0 unspecified atom stereocenters. The minimum atomic E-state index is 0.100. The van der Waals surface area contributed by atoms with Crippen molar-refractivity contribution in [3.63, 3.8) is 0 Å². The Bertz CT molecular complexity index is 918.